The normalized spacial score (nSPS) is 15.8. The van der Waals surface area contributed by atoms with E-state index in [0.717, 1.165) is 19.6 Å². The van der Waals surface area contributed by atoms with Crippen molar-refractivity contribution < 1.29 is 14.7 Å². The van der Waals surface area contributed by atoms with E-state index in [2.05, 4.69) is 17.1 Å². The van der Waals surface area contributed by atoms with Crippen molar-refractivity contribution in [2.45, 2.75) is 6.92 Å². The van der Waals surface area contributed by atoms with Crippen LogP contribution in [0.5, 0.6) is 0 Å². The molecule has 2 rings (SSSR count). The summed E-state index contributed by atoms with van der Waals surface area (Å²) < 4.78 is 0. The van der Waals surface area contributed by atoms with Crippen LogP contribution in [-0.2, 0) is 0 Å². The van der Waals surface area contributed by atoms with Crippen LogP contribution >= 0.6 is 11.6 Å². The van der Waals surface area contributed by atoms with Gasteiger partial charge < -0.3 is 20.2 Å². The molecular weight excluding hydrogens is 294 g/mol. The third kappa shape index (κ3) is 3.86. The predicted molar refractivity (Wildman–Crippen MR) is 81.1 cm³/mol. The first-order valence-corrected chi connectivity index (χ1v) is 7.20. The van der Waals surface area contributed by atoms with Gasteiger partial charge in [-0.25, -0.2) is 9.59 Å². The fraction of sp³-hybridized carbons (Fsp3) is 0.429. The number of urea groups is 1. The number of anilines is 1. The number of halogens is 1. The largest absolute Gasteiger partial charge is 0.478 e. The molecule has 0 spiro atoms. The number of nitrogens with zero attached hydrogens (tertiary/aromatic N) is 2. The standard InChI is InChI=1S/C14H18ClN3O3/c1-2-17-5-7-18(8-6-17)14(21)16-10-3-4-11(13(19)20)12(15)9-10/h3-4,9H,2,5-8H2,1H3,(H,16,21)(H,19,20). The molecule has 21 heavy (non-hydrogen) atoms. The number of likely N-dealkylation sites (N-methyl/N-ethyl adjacent to an activating group) is 1. The summed E-state index contributed by atoms with van der Waals surface area (Å²) in [6.45, 7) is 6.18. The molecule has 114 valence electrons. The van der Waals surface area contributed by atoms with Gasteiger partial charge in [-0.05, 0) is 24.7 Å². The minimum absolute atomic E-state index is 0.0197. The van der Waals surface area contributed by atoms with Gasteiger partial charge in [0, 0.05) is 31.9 Å². The van der Waals surface area contributed by atoms with Crippen LogP contribution in [0.2, 0.25) is 5.02 Å². The van der Waals surface area contributed by atoms with E-state index >= 15 is 0 Å². The van der Waals surface area contributed by atoms with Gasteiger partial charge >= 0.3 is 12.0 Å². The molecule has 6 nitrogen and oxygen atoms in total. The predicted octanol–water partition coefficient (Wildman–Crippen LogP) is 2.21. The second-order valence-corrected chi connectivity index (χ2v) is 5.26. The zero-order chi connectivity index (χ0) is 15.4. The molecule has 0 unspecified atom stereocenters. The molecule has 1 saturated heterocycles. The summed E-state index contributed by atoms with van der Waals surface area (Å²) in [4.78, 5) is 27.0. The Morgan fingerprint density at radius 2 is 1.95 bits per heavy atom. The molecule has 0 atom stereocenters. The first-order chi connectivity index (χ1) is 10.0. The number of carboxylic acids is 1. The van der Waals surface area contributed by atoms with Gasteiger partial charge in [-0.2, -0.15) is 0 Å². The fourth-order valence-corrected chi connectivity index (χ4v) is 2.50. The first-order valence-electron chi connectivity index (χ1n) is 6.82. The van der Waals surface area contributed by atoms with E-state index in [9.17, 15) is 9.59 Å². The lowest BCUT2D eigenvalue weighted by Gasteiger charge is -2.34. The van der Waals surface area contributed by atoms with Gasteiger partial charge in [0.25, 0.3) is 0 Å². The number of carboxylic acid groups (broad SMARTS) is 1. The van der Waals surface area contributed by atoms with Crippen LogP contribution in [-0.4, -0.2) is 59.6 Å². The first kappa shape index (κ1) is 15.6. The molecule has 2 N–H and O–H groups in total. The molecule has 0 radical (unpaired) electrons. The molecule has 0 saturated carbocycles. The van der Waals surface area contributed by atoms with Crippen molar-refractivity contribution in [3.63, 3.8) is 0 Å². The van der Waals surface area contributed by atoms with Gasteiger partial charge in [-0.1, -0.05) is 18.5 Å². The number of rotatable bonds is 3. The van der Waals surface area contributed by atoms with Crippen molar-refractivity contribution in [1.82, 2.24) is 9.80 Å². The van der Waals surface area contributed by atoms with E-state index in [1.165, 1.54) is 18.2 Å². The van der Waals surface area contributed by atoms with Crippen LogP contribution in [0.4, 0.5) is 10.5 Å². The maximum Gasteiger partial charge on any atom is 0.337 e. The molecule has 1 aliphatic rings. The average Bonchev–Trinajstić information content (AvgIpc) is 2.47. The molecule has 0 aliphatic carbocycles. The number of hydrogen-bond donors (Lipinski definition) is 2. The summed E-state index contributed by atoms with van der Waals surface area (Å²) in [5, 5.41) is 11.8. The Morgan fingerprint density at radius 3 is 2.48 bits per heavy atom. The topological polar surface area (TPSA) is 72.9 Å². The number of aromatic carboxylic acids is 1. The number of nitrogens with one attached hydrogen (secondary N) is 1. The second kappa shape index (κ2) is 6.78. The molecule has 7 heteroatoms. The Hall–Kier alpha value is -1.79. The molecule has 1 heterocycles. The molecular formula is C14H18ClN3O3. The molecule has 2 amide bonds. The van der Waals surface area contributed by atoms with Gasteiger partial charge in [0.1, 0.15) is 0 Å². The maximum atomic E-state index is 12.1. The highest BCUT2D eigenvalue weighted by atomic mass is 35.5. The minimum Gasteiger partial charge on any atom is -0.478 e. The van der Waals surface area contributed by atoms with Gasteiger partial charge in [-0.3, -0.25) is 0 Å². The molecule has 1 aliphatic heterocycles. The Bertz CT molecular complexity index is 542. The van der Waals surface area contributed by atoms with Crippen LogP contribution < -0.4 is 5.32 Å². The summed E-state index contributed by atoms with van der Waals surface area (Å²) in [6, 6.07) is 4.18. The maximum absolute atomic E-state index is 12.1. The van der Waals surface area contributed by atoms with Crippen molar-refractivity contribution in [2.24, 2.45) is 0 Å². The second-order valence-electron chi connectivity index (χ2n) is 4.85. The fourth-order valence-electron chi connectivity index (χ4n) is 2.24. The van der Waals surface area contributed by atoms with Crippen molar-refractivity contribution in [1.29, 1.82) is 0 Å². The third-order valence-corrected chi connectivity index (χ3v) is 3.87. The summed E-state index contributed by atoms with van der Waals surface area (Å²) in [5.41, 5.74) is 0.513. The van der Waals surface area contributed by atoms with E-state index in [4.69, 9.17) is 16.7 Å². The van der Waals surface area contributed by atoms with Crippen LogP contribution in [0.1, 0.15) is 17.3 Å². The third-order valence-electron chi connectivity index (χ3n) is 3.56. The zero-order valence-corrected chi connectivity index (χ0v) is 12.6. The van der Waals surface area contributed by atoms with Crippen molar-refractivity contribution in [3.05, 3.63) is 28.8 Å². The van der Waals surface area contributed by atoms with Gasteiger partial charge in [0.15, 0.2) is 0 Å². The number of hydrogen-bond acceptors (Lipinski definition) is 3. The molecule has 1 aromatic carbocycles. The van der Waals surface area contributed by atoms with E-state index < -0.39 is 5.97 Å². The SMILES string of the molecule is CCN1CCN(C(=O)Nc2ccc(C(=O)O)c(Cl)c2)CC1. The molecule has 0 aromatic heterocycles. The molecule has 0 bridgehead atoms. The minimum atomic E-state index is -1.09. The highest BCUT2D eigenvalue weighted by Crippen LogP contribution is 2.21. The van der Waals surface area contributed by atoms with E-state index in [1.807, 2.05) is 0 Å². The van der Waals surface area contributed by atoms with Gasteiger partial charge in [-0.15, -0.1) is 0 Å². The number of piperazine rings is 1. The number of amides is 2. The van der Waals surface area contributed by atoms with Gasteiger partial charge in [0.05, 0.1) is 10.6 Å². The van der Waals surface area contributed by atoms with Crippen LogP contribution in [0, 0.1) is 0 Å². The summed E-state index contributed by atoms with van der Waals surface area (Å²) in [5.74, 6) is -1.09. The van der Waals surface area contributed by atoms with E-state index in [-0.39, 0.29) is 16.6 Å². The average molecular weight is 312 g/mol. The Labute approximate surface area is 128 Å². The number of carbonyl (C=O) groups is 2. The summed E-state index contributed by atoms with van der Waals surface area (Å²) in [7, 11) is 0. The molecule has 1 aromatic rings. The monoisotopic (exact) mass is 311 g/mol. The van der Waals surface area contributed by atoms with Crippen molar-refractivity contribution in [3.8, 4) is 0 Å². The highest BCUT2D eigenvalue weighted by molar-refractivity contribution is 6.33. The Balaban J connectivity index is 1.97. The number of carbonyl (C=O) groups excluding carboxylic acids is 1. The highest BCUT2D eigenvalue weighted by Gasteiger charge is 2.20. The summed E-state index contributed by atoms with van der Waals surface area (Å²) >= 11 is 5.88. The lowest BCUT2D eigenvalue weighted by molar-refractivity contribution is 0.0697. The lowest BCUT2D eigenvalue weighted by atomic mass is 10.2. The summed E-state index contributed by atoms with van der Waals surface area (Å²) in [6.07, 6.45) is 0. The van der Waals surface area contributed by atoms with E-state index in [0.29, 0.717) is 18.8 Å². The molecule has 1 fully saturated rings. The zero-order valence-electron chi connectivity index (χ0n) is 11.8. The van der Waals surface area contributed by atoms with Crippen LogP contribution in [0.3, 0.4) is 0 Å². The van der Waals surface area contributed by atoms with Crippen molar-refractivity contribution >= 4 is 29.3 Å². The smallest absolute Gasteiger partial charge is 0.337 e. The quantitative estimate of drug-likeness (QED) is 0.897. The Morgan fingerprint density at radius 1 is 1.29 bits per heavy atom. The van der Waals surface area contributed by atoms with Crippen LogP contribution in [0.15, 0.2) is 18.2 Å². The van der Waals surface area contributed by atoms with Crippen molar-refractivity contribution in [2.75, 3.05) is 38.0 Å². The van der Waals surface area contributed by atoms with E-state index in [1.54, 1.807) is 4.90 Å². The lowest BCUT2D eigenvalue weighted by Crippen LogP contribution is -2.49. The number of benzene rings is 1. The van der Waals surface area contributed by atoms with Gasteiger partial charge in [0.2, 0.25) is 0 Å². The Kier molecular flexibility index (Phi) is 5.03. The van der Waals surface area contributed by atoms with Crippen LogP contribution in [0.25, 0.3) is 0 Å².